The second kappa shape index (κ2) is 4.55. The van der Waals surface area contributed by atoms with E-state index in [1.165, 1.54) is 0 Å². The Labute approximate surface area is 105 Å². The van der Waals surface area contributed by atoms with Crippen molar-refractivity contribution >= 4 is 16.7 Å². The van der Waals surface area contributed by atoms with Crippen LogP contribution >= 0.6 is 0 Å². The van der Waals surface area contributed by atoms with Gasteiger partial charge in [-0.15, -0.1) is 0 Å². The number of Topliss-reactive ketones (excluding diaryl/α,β-unsaturated/α-hetero) is 1. The summed E-state index contributed by atoms with van der Waals surface area (Å²) in [6, 6.07) is 7.88. The number of hydrogen-bond acceptors (Lipinski definition) is 3. The first-order valence-corrected chi connectivity index (χ1v) is 6.05. The highest BCUT2D eigenvalue weighted by Crippen LogP contribution is 2.22. The highest BCUT2D eigenvalue weighted by molar-refractivity contribution is 6.10. The van der Waals surface area contributed by atoms with Crippen LogP contribution in [-0.4, -0.2) is 36.3 Å². The number of rotatable bonds is 2. The largest absolute Gasteiger partial charge is 0.376 e. The molecule has 94 valence electrons. The van der Waals surface area contributed by atoms with Crippen molar-refractivity contribution in [1.29, 1.82) is 0 Å². The summed E-state index contributed by atoms with van der Waals surface area (Å²) in [4.78, 5) is 12.4. The van der Waals surface area contributed by atoms with Gasteiger partial charge in [0.2, 0.25) is 0 Å². The Kier molecular flexibility index (Phi) is 2.89. The van der Waals surface area contributed by atoms with Gasteiger partial charge in [-0.3, -0.25) is 4.79 Å². The van der Waals surface area contributed by atoms with Crippen molar-refractivity contribution in [2.45, 2.75) is 6.10 Å². The van der Waals surface area contributed by atoms with Gasteiger partial charge in [0.25, 0.3) is 0 Å². The molecule has 1 aromatic carbocycles. The van der Waals surface area contributed by atoms with E-state index in [0.717, 1.165) is 10.9 Å². The van der Waals surface area contributed by atoms with Crippen molar-refractivity contribution in [1.82, 2.24) is 4.57 Å². The highest BCUT2D eigenvalue weighted by Gasteiger charge is 2.26. The van der Waals surface area contributed by atoms with Crippen molar-refractivity contribution in [2.24, 2.45) is 7.05 Å². The summed E-state index contributed by atoms with van der Waals surface area (Å²) in [6.45, 7) is 1.41. The number of ether oxygens (including phenoxy) is 2. The van der Waals surface area contributed by atoms with E-state index in [4.69, 9.17) is 9.47 Å². The molecule has 0 aliphatic carbocycles. The lowest BCUT2D eigenvalue weighted by Gasteiger charge is -2.21. The number of aryl methyl sites for hydroxylation is 1. The molecule has 3 rings (SSSR count). The zero-order valence-electron chi connectivity index (χ0n) is 10.3. The van der Waals surface area contributed by atoms with Crippen LogP contribution in [-0.2, 0) is 16.5 Å². The number of ketones is 1. The van der Waals surface area contributed by atoms with Crippen LogP contribution in [0.1, 0.15) is 10.4 Å². The lowest BCUT2D eigenvalue weighted by Crippen LogP contribution is -2.35. The molecule has 1 saturated heterocycles. The molecular formula is C14H15NO3. The van der Waals surface area contributed by atoms with E-state index in [0.29, 0.717) is 25.4 Å². The fraction of sp³-hybridized carbons (Fsp3) is 0.357. The molecule has 18 heavy (non-hydrogen) atoms. The monoisotopic (exact) mass is 245 g/mol. The summed E-state index contributed by atoms with van der Waals surface area (Å²) in [5, 5.41) is 0.971. The molecular weight excluding hydrogens is 230 g/mol. The Morgan fingerprint density at radius 1 is 1.33 bits per heavy atom. The molecule has 4 nitrogen and oxygen atoms in total. The lowest BCUT2D eigenvalue weighted by molar-refractivity contribution is -0.0718. The number of carbonyl (C=O) groups is 1. The minimum absolute atomic E-state index is 0.00602. The van der Waals surface area contributed by atoms with Crippen LogP contribution in [0.15, 0.2) is 30.5 Å². The maximum absolute atomic E-state index is 12.4. The third-order valence-corrected chi connectivity index (χ3v) is 3.27. The lowest BCUT2D eigenvalue weighted by atomic mass is 10.1. The molecule has 0 bridgehead atoms. The normalized spacial score (nSPS) is 20.2. The van der Waals surface area contributed by atoms with E-state index in [2.05, 4.69) is 0 Å². The van der Waals surface area contributed by atoms with Gasteiger partial charge >= 0.3 is 0 Å². The van der Waals surface area contributed by atoms with Gasteiger partial charge in [-0.2, -0.15) is 0 Å². The first-order valence-electron chi connectivity index (χ1n) is 6.05. The Morgan fingerprint density at radius 3 is 2.94 bits per heavy atom. The van der Waals surface area contributed by atoms with Crippen LogP contribution in [0.5, 0.6) is 0 Å². The van der Waals surface area contributed by atoms with Crippen LogP contribution in [0, 0.1) is 0 Å². The van der Waals surface area contributed by atoms with Gasteiger partial charge in [0, 0.05) is 29.7 Å². The SMILES string of the molecule is Cn1cc(C(=O)C2COCCO2)c2ccccc21. The number of aromatic nitrogens is 1. The molecule has 1 aliphatic heterocycles. The van der Waals surface area contributed by atoms with E-state index in [1.54, 1.807) is 0 Å². The molecule has 2 heterocycles. The van der Waals surface area contributed by atoms with Crippen molar-refractivity contribution in [3.63, 3.8) is 0 Å². The molecule has 1 aromatic heterocycles. The number of fused-ring (bicyclic) bond motifs is 1. The van der Waals surface area contributed by atoms with Crippen molar-refractivity contribution < 1.29 is 14.3 Å². The summed E-state index contributed by atoms with van der Waals surface area (Å²) in [6.07, 6.45) is 1.40. The fourth-order valence-electron chi connectivity index (χ4n) is 2.35. The molecule has 0 N–H and O–H groups in total. The zero-order valence-corrected chi connectivity index (χ0v) is 10.3. The van der Waals surface area contributed by atoms with Gasteiger partial charge in [0.05, 0.1) is 19.8 Å². The minimum Gasteiger partial charge on any atom is -0.376 e. The van der Waals surface area contributed by atoms with Gasteiger partial charge in [0.15, 0.2) is 5.78 Å². The topological polar surface area (TPSA) is 40.5 Å². The summed E-state index contributed by atoms with van der Waals surface area (Å²) in [5.74, 6) is 0.00602. The zero-order chi connectivity index (χ0) is 12.5. The maximum atomic E-state index is 12.4. The molecule has 1 unspecified atom stereocenters. The number of benzene rings is 1. The number of carbonyl (C=O) groups excluding carboxylic acids is 1. The predicted octanol–water partition coefficient (Wildman–Crippen LogP) is 1.78. The molecule has 0 spiro atoms. The molecule has 2 aromatic rings. The van der Waals surface area contributed by atoms with Gasteiger partial charge in [-0.25, -0.2) is 0 Å². The molecule has 0 amide bonds. The predicted molar refractivity (Wildman–Crippen MR) is 67.8 cm³/mol. The Morgan fingerprint density at radius 2 is 2.17 bits per heavy atom. The average Bonchev–Trinajstić information content (AvgIpc) is 2.77. The maximum Gasteiger partial charge on any atom is 0.196 e. The van der Waals surface area contributed by atoms with Gasteiger partial charge in [-0.05, 0) is 6.07 Å². The molecule has 0 saturated carbocycles. The van der Waals surface area contributed by atoms with E-state index >= 15 is 0 Å². The van der Waals surface area contributed by atoms with Crippen molar-refractivity contribution in [3.05, 3.63) is 36.0 Å². The van der Waals surface area contributed by atoms with Crippen LogP contribution in [0.25, 0.3) is 10.9 Å². The quantitative estimate of drug-likeness (QED) is 0.757. The van der Waals surface area contributed by atoms with Crippen LogP contribution in [0.2, 0.25) is 0 Å². The van der Waals surface area contributed by atoms with Crippen LogP contribution in [0.3, 0.4) is 0 Å². The summed E-state index contributed by atoms with van der Waals surface area (Å²) in [5.41, 5.74) is 1.76. The smallest absolute Gasteiger partial charge is 0.196 e. The van der Waals surface area contributed by atoms with Crippen molar-refractivity contribution in [2.75, 3.05) is 19.8 Å². The molecule has 1 aliphatic rings. The first kappa shape index (κ1) is 11.4. The van der Waals surface area contributed by atoms with Crippen molar-refractivity contribution in [3.8, 4) is 0 Å². The van der Waals surface area contributed by atoms with E-state index in [-0.39, 0.29) is 5.78 Å². The Hall–Kier alpha value is -1.65. The van der Waals surface area contributed by atoms with Crippen LogP contribution in [0.4, 0.5) is 0 Å². The number of hydrogen-bond donors (Lipinski definition) is 0. The van der Waals surface area contributed by atoms with Crippen LogP contribution < -0.4 is 0 Å². The number of para-hydroxylation sites is 1. The second-order valence-corrected chi connectivity index (χ2v) is 4.47. The minimum atomic E-state index is -0.468. The Bertz CT molecular complexity index is 582. The molecule has 1 atom stereocenters. The third kappa shape index (κ3) is 1.83. The molecule has 0 radical (unpaired) electrons. The summed E-state index contributed by atoms with van der Waals surface area (Å²) < 4.78 is 12.7. The third-order valence-electron chi connectivity index (χ3n) is 3.27. The van der Waals surface area contributed by atoms with E-state index < -0.39 is 6.10 Å². The van der Waals surface area contributed by atoms with Gasteiger partial charge < -0.3 is 14.0 Å². The van der Waals surface area contributed by atoms with Gasteiger partial charge in [0.1, 0.15) is 6.10 Å². The van der Waals surface area contributed by atoms with E-state index in [9.17, 15) is 4.79 Å². The molecule has 1 fully saturated rings. The fourth-order valence-corrected chi connectivity index (χ4v) is 2.35. The average molecular weight is 245 g/mol. The van der Waals surface area contributed by atoms with Gasteiger partial charge in [-0.1, -0.05) is 18.2 Å². The van der Waals surface area contributed by atoms with E-state index in [1.807, 2.05) is 42.1 Å². The summed E-state index contributed by atoms with van der Waals surface area (Å²) >= 11 is 0. The highest BCUT2D eigenvalue weighted by atomic mass is 16.6. The number of nitrogens with zero attached hydrogens (tertiary/aromatic N) is 1. The molecule has 4 heteroatoms. The summed E-state index contributed by atoms with van der Waals surface area (Å²) in [7, 11) is 1.94. The second-order valence-electron chi connectivity index (χ2n) is 4.47. The first-order chi connectivity index (χ1) is 8.77. The Balaban J connectivity index is 2.00. The standard InChI is InChI=1S/C14H15NO3/c1-15-8-11(10-4-2-3-5-12(10)15)14(16)13-9-17-6-7-18-13/h2-5,8,13H,6-7,9H2,1H3.